The number of carbonyl (C=O) groups is 3. The van der Waals surface area contributed by atoms with Crippen molar-refractivity contribution in [3.05, 3.63) is 75.2 Å². The molecule has 0 radical (unpaired) electrons. The number of rotatable bonds is 6. The van der Waals surface area contributed by atoms with Gasteiger partial charge in [0.15, 0.2) is 0 Å². The van der Waals surface area contributed by atoms with Crippen LogP contribution in [-0.2, 0) is 16.1 Å². The number of hydrogen-bond acceptors (Lipinski definition) is 4. The molecular weight excluding hydrogens is 453 g/mol. The maximum Gasteiger partial charge on any atom is 0.322 e. The third kappa shape index (κ3) is 4.28. The van der Waals surface area contributed by atoms with Crippen LogP contribution in [0.4, 0.5) is 4.79 Å². The normalized spacial score (nSPS) is 18.0. The number of nitrogens with one attached hydrogen (secondary N) is 2. The van der Waals surface area contributed by atoms with Gasteiger partial charge in [-0.3, -0.25) is 19.5 Å². The smallest absolute Gasteiger partial charge is 0.322 e. The van der Waals surface area contributed by atoms with Gasteiger partial charge in [-0.25, -0.2) is 4.79 Å². The topological polar surface area (TPSA) is 94.6 Å². The lowest BCUT2D eigenvalue weighted by molar-refractivity contribution is -0.127. The summed E-state index contributed by atoms with van der Waals surface area (Å²) >= 11 is 12.5. The number of aromatic nitrogens is 1. The average molecular weight is 474 g/mol. The van der Waals surface area contributed by atoms with Crippen molar-refractivity contribution in [1.82, 2.24) is 25.4 Å². The summed E-state index contributed by atoms with van der Waals surface area (Å²) in [4.78, 5) is 45.0. The van der Waals surface area contributed by atoms with E-state index >= 15 is 0 Å². The van der Waals surface area contributed by atoms with Crippen LogP contribution in [0.15, 0.2) is 54.0 Å². The van der Waals surface area contributed by atoms with Crippen LogP contribution in [0.3, 0.4) is 0 Å². The van der Waals surface area contributed by atoms with Crippen LogP contribution >= 0.6 is 23.2 Å². The lowest BCUT2D eigenvalue weighted by Gasteiger charge is -2.31. The summed E-state index contributed by atoms with van der Waals surface area (Å²) in [5.41, 5.74) is 2.53. The van der Waals surface area contributed by atoms with E-state index in [1.165, 1.54) is 4.90 Å². The van der Waals surface area contributed by atoms with Crippen molar-refractivity contribution >= 4 is 41.0 Å². The fourth-order valence-electron chi connectivity index (χ4n) is 3.81. The molecule has 0 bridgehead atoms. The molecule has 4 rings (SSSR count). The minimum absolute atomic E-state index is 0.144. The quantitative estimate of drug-likeness (QED) is 0.674. The lowest BCUT2D eigenvalue weighted by Crippen LogP contribution is -2.45. The van der Waals surface area contributed by atoms with Gasteiger partial charge < -0.3 is 15.5 Å². The molecule has 8 nitrogen and oxygen atoms in total. The number of urea groups is 1. The monoisotopic (exact) mass is 473 g/mol. The van der Waals surface area contributed by atoms with Gasteiger partial charge in [-0.1, -0.05) is 35.3 Å². The van der Waals surface area contributed by atoms with Gasteiger partial charge in [0.05, 0.1) is 33.9 Å². The maximum absolute atomic E-state index is 13.2. The molecule has 2 aromatic rings. The average Bonchev–Trinajstić information content (AvgIpc) is 3.13. The second kappa shape index (κ2) is 9.18. The molecule has 4 amide bonds. The molecule has 166 valence electrons. The Labute approximate surface area is 195 Å². The summed E-state index contributed by atoms with van der Waals surface area (Å²) in [5.74, 6) is -0.411. The van der Waals surface area contributed by atoms with Gasteiger partial charge >= 0.3 is 6.03 Å². The zero-order valence-corrected chi connectivity index (χ0v) is 18.8. The van der Waals surface area contributed by atoms with E-state index in [0.29, 0.717) is 28.4 Å². The minimum Gasteiger partial charge on any atom is -0.352 e. The molecule has 1 unspecified atom stereocenters. The van der Waals surface area contributed by atoms with Crippen molar-refractivity contribution in [2.75, 3.05) is 20.1 Å². The van der Waals surface area contributed by atoms with E-state index in [-0.39, 0.29) is 42.4 Å². The van der Waals surface area contributed by atoms with Crippen LogP contribution in [0.25, 0.3) is 0 Å². The highest BCUT2D eigenvalue weighted by molar-refractivity contribution is 6.42. The van der Waals surface area contributed by atoms with E-state index in [1.807, 2.05) is 12.1 Å². The number of pyridine rings is 1. The Bertz CT molecular complexity index is 1110. The Hall–Kier alpha value is -3.10. The van der Waals surface area contributed by atoms with Crippen molar-refractivity contribution in [3.63, 3.8) is 0 Å². The second-order valence-electron chi connectivity index (χ2n) is 7.55. The number of nitrogens with zero attached hydrogens (tertiary/aromatic N) is 3. The summed E-state index contributed by atoms with van der Waals surface area (Å²) < 4.78 is 0. The number of amides is 4. The van der Waals surface area contributed by atoms with E-state index in [2.05, 4.69) is 15.6 Å². The van der Waals surface area contributed by atoms with Gasteiger partial charge in [0, 0.05) is 39.0 Å². The molecule has 1 aromatic heterocycles. The number of likely N-dealkylation sites (N-methyl/N-ethyl adjacent to an activating group) is 1. The largest absolute Gasteiger partial charge is 0.352 e. The summed E-state index contributed by atoms with van der Waals surface area (Å²) in [7, 11) is 1.61. The molecule has 2 N–H and O–H groups in total. The van der Waals surface area contributed by atoms with Crippen LogP contribution in [0.2, 0.25) is 10.0 Å². The van der Waals surface area contributed by atoms with Crippen LogP contribution < -0.4 is 10.6 Å². The van der Waals surface area contributed by atoms with E-state index in [4.69, 9.17) is 23.2 Å². The predicted octanol–water partition coefficient (Wildman–Crippen LogP) is 2.89. The Morgan fingerprint density at radius 1 is 1.22 bits per heavy atom. The van der Waals surface area contributed by atoms with Crippen molar-refractivity contribution in [2.24, 2.45) is 0 Å². The van der Waals surface area contributed by atoms with Crippen LogP contribution in [-0.4, -0.2) is 52.8 Å². The highest BCUT2D eigenvalue weighted by Crippen LogP contribution is 2.39. The van der Waals surface area contributed by atoms with Gasteiger partial charge in [-0.2, -0.15) is 0 Å². The molecule has 32 heavy (non-hydrogen) atoms. The highest BCUT2D eigenvalue weighted by Gasteiger charge is 2.43. The molecule has 2 aliphatic rings. The van der Waals surface area contributed by atoms with Gasteiger partial charge in [0.25, 0.3) is 5.91 Å². The molecule has 1 aromatic carbocycles. The molecule has 1 atom stereocenters. The summed E-state index contributed by atoms with van der Waals surface area (Å²) in [6.07, 6.45) is 3.47. The molecule has 0 aliphatic carbocycles. The van der Waals surface area contributed by atoms with Gasteiger partial charge in [0.2, 0.25) is 5.91 Å². The molecular formula is C22H21Cl2N5O3. The number of benzene rings is 1. The predicted molar refractivity (Wildman–Crippen MR) is 120 cm³/mol. The van der Waals surface area contributed by atoms with Gasteiger partial charge in [-0.15, -0.1) is 0 Å². The summed E-state index contributed by atoms with van der Waals surface area (Å²) in [5, 5.41) is 6.30. The van der Waals surface area contributed by atoms with Crippen molar-refractivity contribution in [1.29, 1.82) is 0 Å². The number of hydrogen-bond donors (Lipinski definition) is 2. The fraction of sp³-hybridized carbons (Fsp3) is 0.273. The van der Waals surface area contributed by atoms with E-state index in [1.54, 1.807) is 42.5 Å². The molecule has 2 aliphatic heterocycles. The Morgan fingerprint density at radius 2 is 1.97 bits per heavy atom. The molecule has 0 saturated heterocycles. The molecule has 0 spiro atoms. The molecule has 3 heterocycles. The van der Waals surface area contributed by atoms with Crippen LogP contribution in [0, 0.1) is 0 Å². The van der Waals surface area contributed by atoms with Crippen molar-refractivity contribution < 1.29 is 14.4 Å². The first kappa shape index (κ1) is 22.1. The Kier molecular flexibility index (Phi) is 6.34. The molecule has 0 saturated carbocycles. The first-order valence-electron chi connectivity index (χ1n) is 10.0. The number of halogens is 2. The third-order valence-corrected chi connectivity index (χ3v) is 6.41. The minimum atomic E-state index is -0.710. The number of carbonyl (C=O) groups excluding carboxylic acids is 3. The van der Waals surface area contributed by atoms with Crippen LogP contribution in [0.1, 0.15) is 23.6 Å². The van der Waals surface area contributed by atoms with Gasteiger partial charge in [-0.05, 0) is 29.3 Å². The maximum atomic E-state index is 13.2. The summed E-state index contributed by atoms with van der Waals surface area (Å²) in [6, 6.07) is 7.70. The third-order valence-electron chi connectivity index (χ3n) is 5.58. The SMILES string of the molecule is CN1C(=O)NC(c2cccc(Cl)c2Cl)C2=C1CN(CCC(=O)NCc1ccncc1)C2=O. The molecule has 10 heteroatoms. The lowest BCUT2D eigenvalue weighted by atomic mass is 9.95. The first-order chi connectivity index (χ1) is 15.4. The Morgan fingerprint density at radius 3 is 2.72 bits per heavy atom. The Balaban J connectivity index is 1.46. The fourth-order valence-corrected chi connectivity index (χ4v) is 4.22. The van der Waals surface area contributed by atoms with Crippen LogP contribution in [0.5, 0.6) is 0 Å². The summed E-state index contributed by atoms with van der Waals surface area (Å²) in [6.45, 7) is 0.858. The van der Waals surface area contributed by atoms with Gasteiger partial charge in [0.1, 0.15) is 0 Å². The zero-order valence-electron chi connectivity index (χ0n) is 17.3. The van der Waals surface area contributed by atoms with E-state index < -0.39 is 6.04 Å². The van der Waals surface area contributed by atoms with E-state index in [0.717, 1.165) is 5.56 Å². The highest BCUT2D eigenvalue weighted by atomic mass is 35.5. The standard InChI is InChI=1S/C22H21Cl2N5O3/c1-28-16-12-29(10-7-17(30)26-11-13-5-8-25-9-6-13)21(31)18(16)20(27-22(28)32)14-3-2-4-15(23)19(14)24/h2-6,8-9,20H,7,10-12H2,1H3,(H,26,30)(H,27,32). The first-order valence-corrected chi connectivity index (χ1v) is 10.8. The zero-order chi connectivity index (χ0) is 22.8. The van der Waals surface area contributed by atoms with Crippen molar-refractivity contribution in [3.8, 4) is 0 Å². The van der Waals surface area contributed by atoms with Crippen molar-refractivity contribution in [2.45, 2.75) is 19.0 Å². The molecule has 0 fully saturated rings. The second-order valence-corrected chi connectivity index (χ2v) is 8.34. The van der Waals surface area contributed by atoms with E-state index in [9.17, 15) is 14.4 Å².